The zero-order valence-electron chi connectivity index (χ0n) is 14.6. The summed E-state index contributed by atoms with van der Waals surface area (Å²) >= 11 is 0. The van der Waals surface area contributed by atoms with E-state index < -0.39 is 35.8 Å². The van der Waals surface area contributed by atoms with Gasteiger partial charge in [-0.2, -0.15) is 0 Å². The molecule has 146 valence electrons. The van der Waals surface area contributed by atoms with Gasteiger partial charge in [0.2, 0.25) is 5.91 Å². The third-order valence-electron chi connectivity index (χ3n) is 4.49. The van der Waals surface area contributed by atoms with Crippen molar-refractivity contribution in [2.75, 3.05) is 0 Å². The van der Waals surface area contributed by atoms with Crippen molar-refractivity contribution in [3.05, 3.63) is 34.6 Å². The number of imide groups is 1. The number of carbonyl (C=O) groups excluding carboxylic acids is 3. The normalized spacial score (nSPS) is 20.0. The Morgan fingerprint density at radius 1 is 1.15 bits per heavy atom. The van der Waals surface area contributed by atoms with Crippen LogP contribution in [0.2, 0.25) is 0 Å². The number of carbonyl (C=O) groups is 3. The van der Waals surface area contributed by atoms with Crippen molar-refractivity contribution in [2.24, 2.45) is 0 Å². The third kappa shape index (κ3) is 4.78. The molecule has 2 fully saturated rings. The molecule has 1 saturated heterocycles. The van der Waals surface area contributed by atoms with Crippen LogP contribution in [-0.4, -0.2) is 28.8 Å². The average molecular weight is 383 g/mol. The van der Waals surface area contributed by atoms with Gasteiger partial charge in [-0.3, -0.25) is 14.9 Å². The molecule has 2 aliphatic heterocycles. The lowest BCUT2D eigenvalue weighted by Crippen LogP contribution is -2.32. The van der Waals surface area contributed by atoms with E-state index in [0.29, 0.717) is 11.1 Å². The fourth-order valence-corrected chi connectivity index (χ4v) is 2.87. The molecule has 2 heterocycles. The number of nitrogens with zero attached hydrogens (tertiary/aromatic N) is 1. The molecule has 1 aromatic carbocycles. The van der Waals surface area contributed by atoms with Gasteiger partial charge in [-0.15, -0.1) is 0 Å². The molecule has 4 amide bonds. The van der Waals surface area contributed by atoms with Crippen molar-refractivity contribution < 1.29 is 27.6 Å². The first-order valence-electron chi connectivity index (χ1n) is 8.83. The molecule has 0 aromatic heterocycles. The summed E-state index contributed by atoms with van der Waals surface area (Å²) in [6.45, 7) is 0.259. The molecular weight excluding hydrogens is 363 g/mol. The van der Waals surface area contributed by atoms with Crippen molar-refractivity contribution in [2.45, 2.75) is 57.7 Å². The lowest BCUT2D eigenvalue weighted by molar-refractivity contribution is -0.132. The minimum absolute atomic E-state index is 0.0105. The maximum absolute atomic E-state index is 13.6. The molecule has 1 aliphatic carbocycles. The minimum atomic E-state index is -2.91. The van der Waals surface area contributed by atoms with Crippen LogP contribution in [0, 0.1) is 5.82 Å². The highest BCUT2D eigenvalue weighted by Crippen LogP contribution is 2.30. The zero-order chi connectivity index (χ0) is 19.6. The van der Waals surface area contributed by atoms with Crippen molar-refractivity contribution in [1.29, 1.82) is 0 Å². The number of hydrogen-bond acceptors (Lipinski definition) is 3. The zero-order valence-corrected chi connectivity index (χ0v) is 14.6. The largest absolute Gasteiger partial charge is 0.334 e. The molecule has 0 bridgehead atoms. The Hall–Kier alpha value is -2.58. The lowest BCUT2D eigenvalue weighted by atomic mass is 10.1. The second-order valence-electron chi connectivity index (χ2n) is 6.81. The maximum atomic E-state index is 13.6. The Kier molecular flexibility index (Phi) is 5.67. The van der Waals surface area contributed by atoms with E-state index in [0.717, 1.165) is 12.1 Å². The van der Waals surface area contributed by atoms with Gasteiger partial charge in [0.15, 0.2) is 0 Å². The summed E-state index contributed by atoms with van der Waals surface area (Å²) in [5.41, 5.74) is 0.317. The smallest absolute Gasteiger partial charge is 0.322 e. The number of fused-ring (bicyclic) bond motifs is 1. The van der Waals surface area contributed by atoms with Gasteiger partial charge >= 0.3 is 6.03 Å². The Labute approximate surface area is 154 Å². The summed E-state index contributed by atoms with van der Waals surface area (Å²) in [6.07, 6.45) is 1.74. The SMILES string of the molecule is C1CC1.O=C1NC(=O)C(CCC(=O)N2Cc3cc(F)c(C(F)F)cc3C2)N1. The number of amides is 4. The van der Waals surface area contributed by atoms with E-state index in [4.69, 9.17) is 0 Å². The van der Waals surface area contributed by atoms with Gasteiger partial charge in [0.1, 0.15) is 11.9 Å². The first-order chi connectivity index (χ1) is 12.8. The van der Waals surface area contributed by atoms with E-state index >= 15 is 0 Å². The first kappa shape index (κ1) is 19.2. The van der Waals surface area contributed by atoms with Crippen LogP contribution >= 0.6 is 0 Å². The predicted octanol–water partition coefficient (Wildman–Crippen LogP) is 2.76. The van der Waals surface area contributed by atoms with Crippen LogP contribution < -0.4 is 10.6 Å². The molecule has 6 nitrogen and oxygen atoms in total. The second kappa shape index (κ2) is 7.98. The summed E-state index contributed by atoms with van der Waals surface area (Å²) in [5, 5.41) is 4.46. The van der Waals surface area contributed by atoms with Crippen LogP contribution in [-0.2, 0) is 22.7 Å². The molecule has 1 atom stereocenters. The van der Waals surface area contributed by atoms with E-state index in [2.05, 4.69) is 10.6 Å². The lowest BCUT2D eigenvalue weighted by Gasteiger charge is -2.16. The topological polar surface area (TPSA) is 78.5 Å². The summed E-state index contributed by atoms with van der Waals surface area (Å²) in [7, 11) is 0. The average Bonchev–Trinajstić information content (AvgIpc) is 3.37. The maximum Gasteiger partial charge on any atom is 0.322 e. The van der Waals surface area contributed by atoms with E-state index in [1.54, 1.807) is 0 Å². The molecule has 0 spiro atoms. The molecule has 2 N–H and O–H groups in total. The second-order valence-corrected chi connectivity index (χ2v) is 6.81. The summed E-state index contributed by atoms with van der Waals surface area (Å²) in [6, 6.07) is 0.775. The number of alkyl halides is 2. The third-order valence-corrected chi connectivity index (χ3v) is 4.49. The summed E-state index contributed by atoms with van der Waals surface area (Å²) in [5.74, 6) is -1.76. The first-order valence-corrected chi connectivity index (χ1v) is 8.83. The van der Waals surface area contributed by atoms with Gasteiger partial charge in [-0.05, 0) is 29.7 Å². The van der Waals surface area contributed by atoms with Gasteiger partial charge in [0, 0.05) is 19.5 Å². The van der Waals surface area contributed by atoms with E-state index in [9.17, 15) is 27.6 Å². The number of rotatable bonds is 4. The van der Waals surface area contributed by atoms with Crippen LogP contribution in [0.5, 0.6) is 0 Å². The van der Waals surface area contributed by atoms with Crippen LogP contribution in [0.1, 0.15) is 55.2 Å². The van der Waals surface area contributed by atoms with E-state index in [1.807, 2.05) is 0 Å². The molecule has 1 unspecified atom stereocenters. The number of hydrogen-bond donors (Lipinski definition) is 2. The highest BCUT2D eigenvalue weighted by molar-refractivity contribution is 6.04. The highest BCUT2D eigenvalue weighted by atomic mass is 19.3. The van der Waals surface area contributed by atoms with Crippen LogP contribution in [0.4, 0.5) is 18.0 Å². The molecule has 9 heteroatoms. The quantitative estimate of drug-likeness (QED) is 0.785. The van der Waals surface area contributed by atoms with Gasteiger partial charge < -0.3 is 10.2 Å². The van der Waals surface area contributed by atoms with Crippen molar-refractivity contribution in [3.8, 4) is 0 Å². The number of nitrogens with one attached hydrogen (secondary N) is 2. The molecule has 1 saturated carbocycles. The van der Waals surface area contributed by atoms with Gasteiger partial charge in [0.25, 0.3) is 12.3 Å². The molecule has 1 aromatic rings. The van der Waals surface area contributed by atoms with Crippen molar-refractivity contribution in [1.82, 2.24) is 15.5 Å². The summed E-state index contributed by atoms with van der Waals surface area (Å²) < 4.78 is 39.0. The highest BCUT2D eigenvalue weighted by Gasteiger charge is 2.31. The standard InChI is InChI=1S/C15H14F3N3O3.C3H6/c16-10-4-8-6-21(5-7(8)3-9(10)13(17)18)12(22)2-1-11-14(23)20-15(24)19-11;1-2-3-1/h3-4,11,13H,1-2,5-6H2,(H2,19,20,23,24);1-3H2. The monoisotopic (exact) mass is 383 g/mol. The Morgan fingerprint density at radius 3 is 2.30 bits per heavy atom. The fraction of sp³-hybridized carbons (Fsp3) is 0.500. The van der Waals surface area contributed by atoms with Crippen molar-refractivity contribution >= 4 is 17.8 Å². The fourth-order valence-electron chi connectivity index (χ4n) is 2.87. The van der Waals surface area contributed by atoms with Gasteiger partial charge in [0.05, 0.1) is 5.56 Å². The van der Waals surface area contributed by atoms with Crippen LogP contribution in [0.3, 0.4) is 0 Å². The Bertz CT molecular complexity index is 765. The van der Waals surface area contributed by atoms with Crippen molar-refractivity contribution in [3.63, 3.8) is 0 Å². The molecular formula is C18H20F3N3O3. The van der Waals surface area contributed by atoms with E-state index in [1.165, 1.54) is 24.2 Å². The number of urea groups is 1. The molecule has 4 rings (SSSR count). The molecule has 3 aliphatic rings. The van der Waals surface area contributed by atoms with Gasteiger partial charge in [-0.1, -0.05) is 19.3 Å². The number of halogens is 3. The predicted molar refractivity (Wildman–Crippen MR) is 89.2 cm³/mol. The van der Waals surface area contributed by atoms with Crippen LogP contribution in [0.15, 0.2) is 12.1 Å². The van der Waals surface area contributed by atoms with E-state index in [-0.39, 0.29) is 31.8 Å². The Morgan fingerprint density at radius 2 is 1.78 bits per heavy atom. The van der Waals surface area contributed by atoms with Crippen LogP contribution in [0.25, 0.3) is 0 Å². The Balaban J connectivity index is 0.000000637. The summed E-state index contributed by atoms with van der Waals surface area (Å²) in [4.78, 5) is 36.0. The molecule has 27 heavy (non-hydrogen) atoms. The molecule has 0 radical (unpaired) electrons. The minimum Gasteiger partial charge on any atom is -0.334 e. The number of benzene rings is 1. The van der Waals surface area contributed by atoms with Gasteiger partial charge in [-0.25, -0.2) is 18.0 Å².